The van der Waals surface area contributed by atoms with E-state index >= 15 is 0 Å². The molecule has 1 aliphatic heterocycles. The number of carboxylic acid groups (broad SMARTS) is 1. The summed E-state index contributed by atoms with van der Waals surface area (Å²) in [4.78, 5) is 25.6. The van der Waals surface area contributed by atoms with Gasteiger partial charge in [-0.15, -0.1) is 10.2 Å². The summed E-state index contributed by atoms with van der Waals surface area (Å²) >= 11 is 12.0. The highest BCUT2D eigenvalue weighted by Crippen LogP contribution is 2.26. The van der Waals surface area contributed by atoms with Crippen LogP contribution in [0.25, 0.3) is 0 Å². The predicted octanol–water partition coefficient (Wildman–Crippen LogP) is 2.00. The molecule has 0 fully saturated rings. The maximum atomic E-state index is 12.8. The van der Waals surface area contributed by atoms with Crippen LogP contribution in [0.15, 0.2) is 18.2 Å². The van der Waals surface area contributed by atoms with Crippen molar-refractivity contribution in [3.05, 3.63) is 45.5 Å². The number of benzene rings is 1. The number of rotatable bonds is 2. The molecule has 0 saturated carbocycles. The fourth-order valence-corrected chi connectivity index (χ4v) is 2.92. The fourth-order valence-electron chi connectivity index (χ4n) is 2.55. The molecule has 1 amide bonds. The molecule has 1 atom stereocenters. The van der Waals surface area contributed by atoms with Crippen molar-refractivity contribution in [1.82, 2.24) is 19.7 Å². The molecular formula is C14H12Cl2N4O3. The lowest BCUT2D eigenvalue weighted by molar-refractivity contribution is -0.143. The molecule has 0 bridgehead atoms. The largest absolute Gasteiger partial charge is 0.480 e. The Labute approximate surface area is 141 Å². The van der Waals surface area contributed by atoms with Crippen LogP contribution in [0.2, 0.25) is 10.0 Å². The first kappa shape index (κ1) is 15.8. The molecule has 7 nitrogen and oxygen atoms in total. The van der Waals surface area contributed by atoms with Gasteiger partial charge in [0.1, 0.15) is 11.9 Å². The summed E-state index contributed by atoms with van der Waals surface area (Å²) in [5.41, 5.74) is 0.162. The van der Waals surface area contributed by atoms with E-state index in [1.54, 1.807) is 17.6 Å². The average Bonchev–Trinajstić information content (AvgIpc) is 2.88. The lowest BCUT2D eigenvalue weighted by atomic mass is 10.1. The van der Waals surface area contributed by atoms with Gasteiger partial charge in [-0.1, -0.05) is 23.2 Å². The molecule has 120 valence electrons. The zero-order valence-corrected chi connectivity index (χ0v) is 13.5. The Hall–Kier alpha value is -2.12. The Morgan fingerprint density at radius 1 is 1.30 bits per heavy atom. The summed E-state index contributed by atoms with van der Waals surface area (Å²) in [7, 11) is 0. The Kier molecular flexibility index (Phi) is 3.99. The van der Waals surface area contributed by atoms with Gasteiger partial charge in [0.05, 0.1) is 23.7 Å². The molecule has 1 unspecified atom stereocenters. The lowest BCUT2D eigenvalue weighted by Crippen LogP contribution is -2.50. The molecule has 23 heavy (non-hydrogen) atoms. The summed E-state index contributed by atoms with van der Waals surface area (Å²) in [5.74, 6) is -0.460. The molecular weight excluding hydrogens is 343 g/mol. The second-order valence-corrected chi connectivity index (χ2v) is 6.03. The number of aromatic nitrogens is 3. The number of aryl methyl sites for hydroxylation is 1. The molecule has 3 rings (SSSR count). The van der Waals surface area contributed by atoms with Crippen molar-refractivity contribution in [1.29, 1.82) is 0 Å². The fraction of sp³-hybridized carbons (Fsp3) is 0.286. The van der Waals surface area contributed by atoms with Crippen molar-refractivity contribution in [2.45, 2.75) is 26.1 Å². The van der Waals surface area contributed by atoms with E-state index in [2.05, 4.69) is 10.2 Å². The third-order valence-electron chi connectivity index (χ3n) is 3.76. The smallest absolute Gasteiger partial charge is 0.328 e. The standard InChI is InChI=1S/C14H12Cl2N4O3/c1-7-17-18-12-6-20(11(14(22)23)5-19(7)12)13(21)9-4-8(15)2-3-10(9)16/h2-4,11H,5-6H2,1H3,(H,22,23). The number of nitrogens with zero attached hydrogens (tertiary/aromatic N) is 4. The van der Waals surface area contributed by atoms with E-state index in [-0.39, 0.29) is 23.7 Å². The minimum Gasteiger partial charge on any atom is -0.480 e. The lowest BCUT2D eigenvalue weighted by Gasteiger charge is -2.33. The van der Waals surface area contributed by atoms with E-state index < -0.39 is 17.9 Å². The van der Waals surface area contributed by atoms with Gasteiger partial charge in [-0.25, -0.2) is 4.79 Å². The predicted molar refractivity (Wildman–Crippen MR) is 82.5 cm³/mol. The Morgan fingerprint density at radius 2 is 2.04 bits per heavy atom. The summed E-state index contributed by atoms with van der Waals surface area (Å²) < 4.78 is 1.70. The zero-order chi connectivity index (χ0) is 16.7. The monoisotopic (exact) mass is 354 g/mol. The van der Waals surface area contributed by atoms with E-state index in [9.17, 15) is 14.7 Å². The highest BCUT2D eigenvalue weighted by atomic mass is 35.5. The van der Waals surface area contributed by atoms with Gasteiger partial charge in [0.25, 0.3) is 5.91 Å². The Morgan fingerprint density at radius 3 is 2.74 bits per heavy atom. The van der Waals surface area contributed by atoms with Crippen LogP contribution in [0.1, 0.15) is 22.0 Å². The van der Waals surface area contributed by atoms with Crippen molar-refractivity contribution in [3.8, 4) is 0 Å². The highest BCUT2D eigenvalue weighted by molar-refractivity contribution is 6.35. The van der Waals surface area contributed by atoms with Gasteiger partial charge < -0.3 is 14.6 Å². The summed E-state index contributed by atoms with van der Waals surface area (Å²) in [6.45, 7) is 1.87. The molecule has 1 N–H and O–H groups in total. The number of fused-ring (bicyclic) bond motifs is 1. The molecule has 1 aromatic heterocycles. The minimum absolute atomic E-state index is 0.0412. The van der Waals surface area contributed by atoms with Gasteiger partial charge in [0.2, 0.25) is 0 Å². The molecule has 0 radical (unpaired) electrons. The van der Waals surface area contributed by atoms with E-state index in [1.807, 2.05) is 0 Å². The van der Waals surface area contributed by atoms with Gasteiger partial charge >= 0.3 is 5.97 Å². The third kappa shape index (κ3) is 2.77. The van der Waals surface area contributed by atoms with Crippen LogP contribution < -0.4 is 0 Å². The van der Waals surface area contributed by atoms with Gasteiger partial charge in [0.15, 0.2) is 5.82 Å². The molecule has 9 heteroatoms. The normalized spacial score (nSPS) is 17.0. The number of hydrogen-bond donors (Lipinski definition) is 1. The second kappa shape index (κ2) is 5.82. The highest BCUT2D eigenvalue weighted by Gasteiger charge is 2.37. The maximum Gasteiger partial charge on any atom is 0.328 e. The SMILES string of the molecule is Cc1nnc2n1CC(C(=O)O)N(C(=O)c1cc(Cl)ccc1Cl)C2. The Bertz CT molecular complexity index is 805. The number of carbonyl (C=O) groups is 2. The molecule has 2 aromatic rings. The van der Waals surface area contributed by atoms with Crippen molar-refractivity contribution in [3.63, 3.8) is 0 Å². The van der Waals surface area contributed by atoms with E-state index in [1.165, 1.54) is 17.0 Å². The van der Waals surface area contributed by atoms with Crippen LogP contribution in [0.5, 0.6) is 0 Å². The number of carboxylic acids is 1. The van der Waals surface area contributed by atoms with Crippen LogP contribution in [-0.2, 0) is 17.9 Å². The van der Waals surface area contributed by atoms with Gasteiger partial charge in [0, 0.05) is 5.02 Å². The molecule has 0 saturated heterocycles. The quantitative estimate of drug-likeness (QED) is 0.890. The van der Waals surface area contributed by atoms with Gasteiger partial charge in [-0.3, -0.25) is 4.79 Å². The topological polar surface area (TPSA) is 88.3 Å². The zero-order valence-electron chi connectivity index (χ0n) is 12.0. The molecule has 1 aliphatic rings. The van der Waals surface area contributed by atoms with Crippen molar-refractivity contribution >= 4 is 35.1 Å². The second-order valence-electron chi connectivity index (χ2n) is 5.19. The third-order valence-corrected chi connectivity index (χ3v) is 4.33. The number of aliphatic carboxylic acids is 1. The summed E-state index contributed by atoms with van der Waals surface area (Å²) in [6.07, 6.45) is 0. The first-order chi connectivity index (χ1) is 10.9. The van der Waals surface area contributed by atoms with Crippen LogP contribution in [0.4, 0.5) is 0 Å². The average molecular weight is 355 g/mol. The Balaban J connectivity index is 2.01. The van der Waals surface area contributed by atoms with Crippen LogP contribution >= 0.6 is 23.2 Å². The maximum absolute atomic E-state index is 12.8. The molecule has 0 aliphatic carbocycles. The minimum atomic E-state index is -1.10. The number of halogens is 2. The molecule has 2 heterocycles. The van der Waals surface area contributed by atoms with Crippen molar-refractivity contribution in [2.75, 3.05) is 0 Å². The van der Waals surface area contributed by atoms with Crippen LogP contribution in [0, 0.1) is 6.92 Å². The van der Waals surface area contributed by atoms with Crippen molar-refractivity contribution < 1.29 is 14.7 Å². The van der Waals surface area contributed by atoms with Gasteiger partial charge in [-0.05, 0) is 25.1 Å². The van der Waals surface area contributed by atoms with Crippen molar-refractivity contribution in [2.24, 2.45) is 0 Å². The summed E-state index contributed by atoms with van der Waals surface area (Å²) in [5, 5.41) is 17.9. The molecule has 0 spiro atoms. The van der Waals surface area contributed by atoms with E-state index in [0.29, 0.717) is 16.7 Å². The first-order valence-electron chi connectivity index (χ1n) is 6.76. The summed E-state index contributed by atoms with van der Waals surface area (Å²) in [6, 6.07) is 3.46. The number of amides is 1. The number of carbonyl (C=O) groups excluding carboxylic acids is 1. The first-order valence-corrected chi connectivity index (χ1v) is 7.51. The van der Waals surface area contributed by atoms with Gasteiger partial charge in [-0.2, -0.15) is 0 Å². The van der Waals surface area contributed by atoms with E-state index in [4.69, 9.17) is 23.2 Å². The number of hydrogen-bond acceptors (Lipinski definition) is 4. The molecule has 1 aromatic carbocycles. The van der Waals surface area contributed by atoms with Crippen LogP contribution in [-0.4, -0.2) is 42.7 Å². The van der Waals surface area contributed by atoms with E-state index in [0.717, 1.165) is 0 Å². The van der Waals surface area contributed by atoms with Crippen LogP contribution in [0.3, 0.4) is 0 Å².